The predicted octanol–water partition coefficient (Wildman–Crippen LogP) is 4.79. The van der Waals surface area contributed by atoms with Crippen molar-refractivity contribution in [1.82, 2.24) is 0 Å². The lowest BCUT2D eigenvalue weighted by Gasteiger charge is -2.12. The molecule has 2 aromatic carbocycles. The van der Waals surface area contributed by atoms with Gasteiger partial charge in [0.2, 0.25) is 0 Å². The van der Waals surface area contributed by atoms with Crippen molar-refractivity contribution in [3.05, 3.63) is 62.0 Å². The van der Waals surface area contributed by atoms with Gasteiger partial charge >= 0.3 is 0 Å². The zero-order chi connectivity index (χ0) is 13.8. The van der Waals surface area contributed by atoms with Crippen LogP contribution in [-0.4, -0.2) is 0 Å². The predicted molar refractivity (Wildman–Crippen MR) is 82.8 cm³/mol. The highest BCUT2D eigenvalue weighted by molar-refractivity contribution is 9.10. The first kappa shape index (κ1) is 14.7. The van der Waals surface area contributed by atoms with Crippen molar-refractivity contribution in [2.24, 2.45) is 5.73 Å². The number of halogens is 3. The largest absolute Gasteiger partial charge is 0.489 e. The maximum Gasteiger partial charge on any atom is 0.124 e. The average molecular weight is 361 g/mol. The van der Waals surface area contributed by atoms with E-state index in [-0.39, 0.29) is 0 Å². The lowest BCUT2D eigenvalue weighted by Crippen LogP contribution is -2.03. The second kappa shape index (κ2) is 6.62. The van der Waals surface area contributed by atoms with Crippen LogP contribution >= 0.6 is 39.1 Å². The van der Waals surface area contributed by atoms with Crippen LogP contribution in [0.2, 0.25) is 10.0 Å². The zero-order valence-electron chi connectivity index (χ0n) is 10.00. The smallest absolute Gasteiger partial charge is 0.124 e. The van der Waals surface area contributed by atoms with Crippen LogP contribution in [0.1, 0.15) is 11.1 Å². The van der Waals surface area contributed by atoms with Gasteiger partial charge in [-0.1, -0.05) is 51.3 Å². The third kappa shape index (κ3) is 3.63. The molecule has 5 heteroatoms. The first-order valence-corrected chi connectivity index (χ1v) is 7.21. The van der Waals surface area contributed by atoms with E-state index in [9.17, 15) is 0 Å². The summed E-state index contributed by atoms with van der Waals surface area (Å²) >= 11 is 15.5. The van der Waals surface area contributed by atoms with Gasteiger partial charge in [0.15, 0.2) is 0 Å². The van der Waals surface area contributed by atoms with Gasteiger partial charge in [0.1, 0.15) is 12.4 Å². The van der Waals surface area contributed by atoms with Crippen molar-refractivity contribution in [2.45, 2.75) is 13.2 Å². The quantitative estimate of drug-likeness (QED) is 0.850. The van der Waals surface area contributed by atoms with E-state index in [0.717, 1.165) is 21.3 Å². The van der Waals surface area contributed by atoms with Gasteiger partial charge in [-0.25, -0.2) is 0 Å². The van der Waals surface area contributed by atoms with Crippen molar-refractivity contribution in [1.29, 1.82) is 0 Å². The van der Waals surface area contributed by atoms with Gasteiger partial charge in [-0.3, -0.25) is 0 Å². The Morgan fingerprint density at radius 1 is 1.11 bits per heavy atom. The minimum Gasteiger partial charge on any atom is -0.489 e. The standard InChI is InChI=1S/C14H12BrCl2NO/c15-11-4-5-13(10(6-11)7-18)19-8-9-2-1-3-12(16)14(9)17/h1-6H,7-8,18H2. The molecule has 0 bridgehead atoms. The van der Waals surface area contributed by atoms with Crippen molar-refractivity contribution >= 4 is 39.1 Å². The van der Waals surface area contributed by atoms with Crippen molar-refractivity contribution < 1.29 is 4.74 Å². The first-order valence-electron chi connectivity index (χ1n) is 5.66. The molecule has 2 N–H and O–H groups in total. The molecule has 0 unspecified atom stereocenters. The van der Waals surface area contributed by atoms with E-state index >= 15 is 0 Å². The molecule has 0 saturated carbocycles. The van der Waals surface area contributed by atoms with Crippen LogP contribution in [0.4, 0.5) is 0 Å². The summed E-state index contributed by atoms with van der Waals surface area (Å²) in [6, 6.07) is 11.2. The maximum atomic E-state index is 6.11. The van der Waals surface area contributed by atoms with E-state index in [2.05, 4.69) is 15.9 Å². The number of rotatable bonds is 4. The summed E-state index contributed by atoms with van der Waals surface area (Å²) in [6.07, 6.45) is 0. The maximum absolute atomic E-state index is 6.11. The van der Waals surface area contributed by atoms with Crippen molar-refractivity contribution in [3.8, 4) is 5.75 Å². The van der Waals surface area contributed by atoms with Crippen molar-refractivity contribution in [2.75, 3.05) is 0 Å². The highest BCUT2D eigenvalue weighted by Gasteiger charge is 2.07. The second-order valence-corrected chi connectivity index (χ2v) is 5.66. The third-order valence-electron chi connectivity index (χ3n) is 2.66. The summed E-state index contributed by atoms with van der Waals surface area (Å²) < 4.78 is 6.73. The van der Waals surface area contributed by atoms with Crippen LogP contribution in [-0.2, 0) is 13.2 Å². The number of nitrogens with two attached hydrogens (primary N) is 1. The molecule has 2 nitrogen and oxygen atoms in total. The molecule has 0 aliphatic rings. The minimum absolute atomic E-state index is 0.355. The van der Waals surface area contributed by atoms with Gasteiger partial charge in [0.25, 0.3) is 0 Å². The highest BCUT2D eigenvalue weighted by atomic mass is 79.9. The third-order valence-corrected chi connectivity index (χ3v) is 4.01. The van der Waals surface area contributed by atoms with E-state index < -0.39 is 0 Å². The molecular weight excluding hydrogens is 349 g/mol. The van der Waals surface area contributed by atoms with Crippen LogP contribution < -0.4 is 10.5 Å². The zero-order valence-corrected chi connectivity index (χ0v) is 13.1. The Labute approximate surface area is 130 Å². The topological polar surface area (TPSA) is 35.2 Å². The van der Waals surface area contributed by atoms with Gasteiger partial charge in [-0.15, -0.1) is 0 Å². The fraction of sp³-hybridized carbons (Fsp3) is 0.143. The van der Waals surface area contributed by atoms with Gasteiger partial charge in [0, 0.05) is 22.1 Å². The molecule has 0 saturated heterocycles. The highest BCUT2D eigenvalue weighted by Crippen LogP contribution is 2.28. The Morgan fingerprint density at radius 2 is 1.89 bits per heavy atom. The number of ether oxygens (including phenoxy) is 1. The number of benzene rings is 2. The molecule has 0 fully saturated rings. The molecule has 0 aliphatic heterocycles. The molecule has 0 amide bonds. The lowest BCUT2D eigenvalue weighted by atomic mass is 10.2. The van der Waals surface area contributed by atoms with Gasteiger partial charge in [-0.05, 0) is 24.3 Å². The molecule has 0 radical (unpaired) electrons. The molecule has 2 aromatic rings. The second-order valence-electron chi connectivity index (χ2n) is 3.96. The van der Waals surface area contributed by atoms with Crippen LogP contribution in [0.3, 0.4) is 0 Å². The summed E-state index contributed by atoms with van der Waals surface area (Å²) in [7, 11) is 0. The molecular formula is C14H12BrCl2NO. The molecule has 19 heavy (non-hydrogen) atoms. The van der Waals surface area contributed by atoms with Crippen LogP contribution in [0.15, 0.2) is 40.9 Å². The van der Waals surface area contributed by atoms with Gasteiger partial charge in [0.05, 0.1) is 10.0 Å². The molecule has 0 aromatic heterocycles. The fourth-order valence-electron chi connectivity index (χ4n) is 1.66. The van der Waals surface area contributed by atoms with Crippen molar-refractivity contribution in [3.63, 3.8) is 0 Å². The van der Waals surface area contributed by atoms with Gasteiger partial charge < -0.3 is 10.5 Å². The number of hydrogen-bond acceptors (Lipinski definition) is 2. The van der Waals surface area contributed by atoms with E-state index in [1.165, 1.54) is 0 Å². The Morgan fingerprint density at radius 3 is 2.63 bits per heavy atom. The van der Waals surface area contributed by atoms with Crippen LogP contribution in [0, 0.1) is 0 Å². The number of hydrogen-bond donors (Lipinski definition) is 1. The van der Waals surface area contributed by atoms with E-state index in [4.69, 9.17) is 33.7 Å². The normalized spacial score (nSPS) is 10.5. The van der Waals surface area contributed by atoms with Crippen LogP contribution in [0.25, 0.3) is 0 Å². The van der Waals surface area contributed by atoms with E-state index in [0.29, 0.717) is 23.2 Å². The summed E-state index contributed by atoms with van der Waals surface area (Å²) in [5.41, 5.74) is 7.48. The lowest BCUT2D eigenvalue weighted by molar-refractivity contribution is 0.303. The monoisotopic (exact) mass is 359 g/mol. The summed E-state index contributed by atoms with van der Waals surface area (Å²) in [5, 5.41) is 1.05. The first-order chi connectivity index (χ1) is 9.11. The van der Waals surface area contributed by atoms with E-state index in [1.54, 1.807) is 6.07 Å². The molecule has 0 heterocycles. The molecule has 2 rings (SSSR count). The van der Waals surface area contributed by atoms with Crippen LogP contribution in [0.5, 0.6) is 5.75 Å². The summed E-state index contributed by atoms with van der Waals surface area (Å²) in [4.78, 5) is 0. The fourth-order valence-corrected chi connectivity index (χ4v) is 2.45. The molecule has 0 aliphatic carbocycles. The Bertz CT molecular complexity index is 590. The molecule has 100 valence electrons. The summed E-state index contributed by atoms with van der Waals surface area (Å²) in [6.45, 7) is 0.770. The Balaban J connectivity index is 2.17. The average Bonchev–Trinajstić information content (AvgIpc) is 2.41. The minimum atomic E-state index is 0.355. The Hall–Kier alpha value is -0.740. The molecule has 0 spiro atoms. The van der Waals surface area contributed by atoms with Gasteiger partial charge in [-0.2, -0.15) is 0 Å². The summed E-state index contributed by atoms with van der Waals surface area (Å²) in [5.74, 6) is 0.752. The van der Waals surface area contributed by atoms with E-state index in [1.807, 2.05) is 30.3 Å². The Kier molecular flexibility index (Phi) is 5.11. The molecule has 0 atom stereocenters. The SMILES string of the molecule is NCc1cc(Br)ccc1OCc1cccc(Cl)c1Cl.